The molecule has 0 aliphatic carbocycles. The minimum Gasteiger partial charge on any atom is -1.00 e. The van der Waals surface area contributed by atoms with Gasteiger partial charge in [0.25, 0.3) is 0 Å². The Morgan fingerprint density at radius 3 is 0.750 bits per heavy atom. The smallest absolute Gasteiger partial charge is 1.00 e. The van der Waals surface area contributed by atoms with E-state index in [4.69, 9.17) is 0 Å². The zero-order valence-electron chi connectivity index (χ0n) is 2.06. The number of rotatable bonds is 0. The molecule has 0 fully saturated rings. The molecule has 0 heterocycles. The van der Waals surface area contributed by atoms with Crippen molar-refractivity contribution in [2.24, 2.45) is 0 Å². The maximum atomic E-state index is 0. The van der Waals surface area contributed by atoms with Crippen LogP contribution in [-0.2, 0) is 22.4 Å². The Morgan fingerprint density at radius 1 is 0.750 bits per heavy atom. The van der Waals surface area contributed by atoms with Crippen LogP contribution < -0.4 is 106 Å². The SMILES string of the molecule is [Ag+].[I-].[I-].[Rb+]. The van der Waals surface area contributed by atoms with E-state index in [1.807, 2.05) is 0 Å². The summed E-state index contributed by atoms with van der Waals surface area (Å²) in [5, 5.41) is 0. The van der Waals surface area contributed by atoms with E-state index >= 15 is 0 Å². The number of hydrogen-bond acceptors (Lipinski definition) is 0. The van der Waals surface area contributed by atoms with Crippen LogP contribution in [0.5, 0.6) is 0 Å². The molecule has 26 valence electrons. The van der Waals surface area contributed by atoms with Crippen LogP contribution >= 0.6 is 0 Å². The van der Waals surface area contributed by atoms with E-state index in [-0.39, 0.29) is 129 Å². The van der Waals surface area contributed by atoms with Crippen molar-refractivity contribution in [3.05, 3.63) is 0 Å². The second-order valence-electron chi connectivity index (χ2n) is 0. The van der Waals surface area contributed by atoms with Gasteiger partial charge in [0.05, 0.1) is 0 Å². The van der Waals surface area contributed by atoms with Crippen LogP contribution in [0.1, 0.15) is 0 Å². The minimum absolute atomic E-state index is 0. The molecule has 0 bridgehead atoms. The maximum absolute atomic E-state index is 0. The summed E-state index contributed by atoms with van der Waals surface area (Å²) in [6.45, 7) is 0. The Bertz CT molecular complexity index is 6.00. The van der Waals surface area contributed by atoms with Gasteiger partial charge >= 0.3 is 80.6 Å². The van der Waals surface area contributed by atoms with Crippen molar-refractivity contribution in [2.45, 2.75) is 0 Å². The summed E-state index contributed by atoms with van der Waals surface area (Å²) in [6.07, 6.45) is 0. The molecular weight excluding hydrogens is 447 g/mol. The van der Waals surface area contributed by atoms with Crippen LogP contribution in [0, 0.1) is 0 Å². The summed E-state index contributed by atoms with van der Waals surface area (Å²) in [5.74, 6) is 0. The molecule has 0 radical (unpaired) electrons. The van der Waals surface area contributed by atoms with Gasteiger partial charge in [-0.15, -0.1) is 0 Å². The molecule has 4 heavy (non-hydrogen) atoms. The van der Waals surface area contributed by atoms with Crippen molar-refractivity contribution in [3.63, 3.8) is 0 Å². The summed E-state index contributed by atoms with van der Waals surface area (Å²) in [4.78, 5) is 0. The fourth-order valence-corrected chi connectivity index (χ4v) is 0. The van der Waals surface area contributed by atoms with Crippen LogP contribution in [0.4, 0.5) is 0 Å². The van der Waals surface area contributed by atoms with Crippen molar-refractivity contribution in [2.75, 3.05) is 0 Å². The van der Waals surface area contributed by atoms with Gasteiger partial charge in [0.2, 0.25) is 0 Å². The summed E-state index contributed by atoms with van der Waals surface area (Å²) >= 11 is 0. The zero-order valence-corrected chi connectivity index (χ0v) is 12.8. The summed E-state index contributed by atoms with van der Waals surface area (Å²) in [5.41, 5.74) is 0. The first kappa shape index (κ1) is 24.5. The first-order valence-electron chi connectivity index (χ1n) is 0. The van der Waals surface area contributed by atoms with Crippen molar-refractivity contribution in [1.29, 1.82) is 0 Å². The van der Waals surface area contributed by atoms with E-state index < -0.39 is 0 Å². The molecule has 0 aromatic carbocycles. The van der Waals surface area contributed by atoms with Crippen LogP contribution in [-0.4, -0.2) is 0 Å². The van der Waals surface area contributed by atoms with Crippen molar-refractivity contribution in [1.82, 2.24) is 0 Å². The fraction of sp³-hybridized carbons (Fsp3) is 0. The molecule has 0 aliphatic rings. The largest absolute Gasteiger partial charge is 1.00 e. The van der Waals surface area contributed by atoms with Gasteiger partial charge in [0.1, 0.15) is 0 Å². The number of hydrogen-bond donors (Lipinski definition) is 0. The normalized spacial score (nSPS) is 0. The first-order valence-corrected chi connectivity index (χ1v) is 0. The van der Waals surface area contributed by atoms with Gasteiger partial charge in [0.15, 0.2) is 0 Å². The van der Waals surface area contributed by atoms with Gasteiger partial charge in [-0.1, -0.05) is 0 Å². The molecule has 0 spiro atoms. The molecule has 0 N–H and O–H groups in total. The molecule has 0 aromatic heterocycles. The predicted octanol–water partition coefficient (Wildman–Crippen LogP) is -8.99. The molecule has 0 saturated heterocycles. The van der Waals surface area contributed by atoms with Gasteiger partial charge in [0, 0.05) is 0 Å². The van der Waals surface area contributed by atoms with E-state index in [1.54, 1.807) is 0 Å². The van der Waals surface area contributed by atoms with Crippen molar-refractivity contribution >= 4 is 0 Å². The molecule has 4 heteroatoms. The van der Waals surface area contributed by atoms with Gasteiger partial charge in [-0.05, 0) is 0 Å². The predicted molar refractivity (Wildman–Crippen MR) is 0 cm³/mol. The monoisotopic (exact) mass is 446 g/mol. The molecule has 0 saturated carbocycles. The standard InChI is InChI=1S/Ag.2HI.Rb/h;2*1H;/q+1;;;+1/p-2. The van der Waals surface area contributed by atoms with E-state index in [2.05, 4.69) is 0 Å². The summed E-state index contributed by atoms with van der Waals surface area (Å²) in [7, 11) is 0. The average Bonchev–Trinajstić information content (AvgIpc) is 0. The molecular formula is AgI2Rb. The molecule has 0 unspecified atom stereocenters. The molecule has 0 atom stereocenters. The van der Waals surface area contributed by atoms with E-state index in [9.17, 15) is 0 Å². The Balaban J connectivity index is 0. The topological polar surface area (TPSA) is 0 Å². The fourth-order valence-electron chi connectivity index (χ4n) is 0. The van der Waals surface area contributed by atoms with Crippen molar-refractivity contribution in [3.8, 4) is 0 Å². The van der Waals surface area contributed by atoms with Gasteiger partial charge in [-0.3, -0.25) is 0 Å². The van der Waals surface area contributed by atoms with Crippen LogP contribution in [0.2, 0.25) is 0 Å². The first-order chi connectivity index (χ1) is 0. The van der Waals surface area contributed by atoms with Crippen LogP contribution in [0.25, 0.3) is 0 Å². The maximum Gasteiger partial charge on any atom is 1.00 e. The van der Waals surface area contributed by atoms with Gasteiger partial charge < -0.3 is 48.0 Å². The Labute approximate surface area is 125 Å². The second-order valence-corrected chi connectivity index (χ2v) is 0. The van der Waals surface area contributed by atoms with Gasteiger partial charge in [-0.25, -0.2) is 0 Å². The average molecular weight is 447 g/mol. The third-order valence-corrected chi connectivity index (χ3v) is 0. The summed E-state index contributed by atoms with van der Waals surface area (Å²) in [6, 6.07) is 0. The van der Waals surface area contributed by atoms with E-state index in [0.717, 1.165) is 0 Å². The molecule has 0 aliphatic heterocycles. The van der Waals surface area contributed by atoms with E-state index in [0.29, 0.717) is 0 Å². The quantitative estimate of drug-likeness (QED) is 0.256. The van der Waals surface area contributed by atoms with Crippen molar-refractivity contribution < 1.29 is 129 Å². The Kier molecular flexibility index (Phi) is 96.4. The number of halogens is 2. The van der Waals surface area contributed by atoms with Crippen LogP contribution in [0.15, 0.2) is 0 Å². The molecule has 0 nitrogen and oxygen atoms in total. The summed E-state index contributed by atoms with van der Waals surface area (Å²) < 4.78 is 0. The second kappa shape index (κ2) is 15.7. The Morgan fingerprint density at radius 2 is 0.750 bits per heavy atom. The third kappa shape index (κ3) is 9.38. The molecule has 0 amide bonds. The van der Waals surface area contributed by atoms with Crippen LogP contribution in [0.3, 0.4) is 0 Å². The van der Waals surface area contributed by atoms with Gasteiger partial charge in [-0.2, -0.15) is 0 Å². The zero-order chi connectivity index (χ0) is 0. The van der Waals surface area contributed by atoms with E-state index in [1.165, 1.54) is 0 Å². The Hall–Kier alpha value is 4.01. The molecule has 0 rings (SSSR count). The molecule has 0 aromatic rings. The minimum atomic E-state index is 0. The third-order valence-electron chi connectivity index (χ3n) is 0.